The summed E-state index contributed by atoms with van der Waals surface area (Å²) in [5.74, 6) is 0.646. The maximum absolute atomic E-state index is 13.6. The Morgan fingerprint density at radius 1 is 0.949 bits per heavy atom. The Morgan fingerprint density at radius 2 is 1.67 bits per heavy atom. The second kappa shape index (κ2) is 11.3. The molecule has 39 heavy (non-hydrogen) atoms. The number of esters is 1. The number of carbonyl (C=O) groups is 1. The van der Waals surface area contributed by atoms with Crippen LogP contribution in [0.4, 0.5) is 0 Å². The molecule has 0 saturated heterocycles. The van der Waals surface area contributed by atoms with Crippen molar-refractivity contribution < 1.29 is 31.9 Å². The summed E-state index contributed by atoms with van der Waals surface area (Å²) >= 11 is 0. The van der Waals surface area contributed by atoms with Crippen molar-refractivity contribution >= 4 is 15.8 Å². The fourth-order valence-corrected chi connectivity index (χ4v) is 5.25. The van der Waals surface area contributed by atoms with Gasteiger partial charge < -0.3 is 18.7 Å². The summed E-state index contributed by atoms with van der Waals surface area (Å²) in [6.07, 6.45) is 1.63. The van der Waals surface area contributed by atoms with E-state index in [1.165, 1.54) is 35.0 Å². The lowest BCUT2D eigenvalue weighted by atomic mass is 10.2. The molecule has 0 aliphatic rings. The number of aromatic nitrogens is 3. The molecule has 4 rings (SSSR count). The van der Waals surface area contributed by atoms with E-state index in [4.69, 9.17) is 14.2 Å². The molecule has 3 aromatic carbocycles. The number of hydrogen-bond donors (Lipinski definition) is 0. The molecule has 0 saturated carbocycles. The molecule has 0 unspecified atom stereocenters. The first-order valence-corrected chi connectivity index (χ1v) is 13.6. The topological polar surface area (TPSA) is 110 Å². The van der Waals surface area contributed by atoms with Gasteiger partial charge in [0.05, 0.1) is 56.9 Å². The van der Waals surface area contributed by atoms with E-state index in [-0.39, 0.29) is 22.0 Å². The van der Waals surface area contributed by atoms with Gasteiger partial charge in [-0.3, -0.25) is 0 Å². The zero-order valence-electron chi connectivity index (χ0n) is 22.5. The average Bonchev–Trinajstić information content (AvgIpc) is 3.42. The Balaban J connectivity index is 1.62. The number of nitrogens with zero attached hydrogens (tertiary/aromatic N) is 4. The van der Waals surface area contributed by atoms with Gasteiger partial charge in [-0.25, -0.2) is 17.9 Å². The number of carbonyl (C=O) groups excluding carboxylic acids is 1. The summed E-state index contributed by atoms with van der Waals surface area (Å²) in [6.45, 7) is 0.919. The third-order valence-electron chi connectivity index (χ3n) is 5.97. The van der Waals surface area contributed by atoms with Crippen LogP contribution < -0.4 is 9.47 Å². The van der Waals surface area contributed by atoms with E-state index in [0.29, 0.717) is 39.5 Å². The molecular formula is C28H31N4O6S+. The van der Waals surface area contributed by atoms with Crippen molar-refractivity contribution in [2.45, 2.75) is 9.79 Å². The van der Waals surface area contributed by atoms with Crippen molar-refractivity contribution in [1.29, 1.82) is 0 Å². The zero-order valence-corrected chi connectivity index (χ0v) is 23.3. The molecule has 0 aliphatic heterocycles. The molecule has 0 radical (unpaired) electrons. The molecule has 1 heterocycles. The molecule has 0 N–H and O–H groups in total. The Labute approximate surface area is 227 Å². The number of rotatable bonds is 10. The lowest BCUT2D eigenvalue weighted by Crippen LogP contribution is -2.38. The van der Waals surface area contributed by atoms with Crippen LogP contribution in [0, 0.1) is 0 Å². The van der Waals surface area contributed by atoms with Crippen molar-refractivity contribution in [2.75, 3.05) is 48.5 Å². The van der Waals surface area contributed by atoms with Gasteiger partial charge in [0.25, 0.3) is 0 Å². The number of benzene rings is 3. The molecule has 0 amide bonds. The number of methoxy groups -OCH3 is 2. The van der Waals surface area contributed by atoms with E-state index in [9.17, 15) is 13.2 Å². The fourth-order valence-electron chi connectivity index (χ4n) is 3.79. The Bertz CT molecular complexity index is 1570. The highest BCUT2D eigenvalue weighted by Gasteiger charge is 2.24. The monoisotopic (exact) mass is 551 g/mol. The van der Waals surface area contributed by atoms with Gasteiger partial charge in [0.15, 0.2) is 0 Å². The first-order valence-electron chi connectivity index (χ1n) is 12.1. The van der Waals surface area contributed by atoms with Gasteiger partial charge in [-0.15, -0.1) is 5.10 Å². The molecule has 0 bridgehead atoms. The van der Waals surface area contributed by atoms with Gasteiger partial charge in [-0.2, -0.15) is 0 Å². The van der Waals surface area contributed by atoms with Gasteiger partial charge >= 0.3 is 5.97 Å². The first-order chi connectivity index (χ1) is 18.5. The second-order valence-electron chi connectivity index (χ2n) is 9.76. The molecule has 204 valence electrons. The molecular weight excluding hydrogens is 520 g/mol. The standard InChI is InChI=1S/C28H31N4O6S/c1-32(2,3)16-17-38-28(33)20-10-13-22(14-11-20)39(34,35)27-9-7-6-8-23(27)24-19-31(30-29-24)25-18-21(36-4)12-15-26(25)37-5/h6-15,18-19H,16-17H2,1-5H3/q+1. The average molecular weight is 552 g/mol. The van der Waals surface area contributed by atoms with Crippen LogP contribution in [0.1, 0.15) is 10.4 Å². The molecule has 0 atom stereocenters. The molecule has 11 heteroatoms. The smallest absolute Gasteiger partial charge is 0.338 e. The van der Waals surface area contributed by atoms with E-state index in [1.54, 1.807) is 56.8 Å². The minimum absolute atomic E-state index is 0.0414. The van der Waals surface area contributed by atoms with Gasteiger partial charge in [0.1, 0.15) is 36.0 Å². The highest BCUT2D eigenvalue weighted by atomic mass is 32.2. The Hall–Kier alpha value is -4.22. The quantitative estimate of drug-likeness (QED) is 0.217. The third-order valence-corrected chi connectivity index (χ3v) is 7.80. The number of ether oxygens (including phenoxy) is 3. The van der Waals surface area contributed by atoms with Crippen LogP contribution in [0.2, 0.25) is 0 Å². The van der Waals surface area contributed by atoms with Crippen molar-refractivity contribution in [3.8, 4) is 28.4 Å². The van der Waals surface area contributed by atoms with E-state index < -0.39 is 15.8 Å². The normalized spacial score (nSPS) is 11.7. The Morgan fingerprint density at radius 3 is 2.33 bits per heavy atom. The zero-order chi connectivity index (χ0) is 28.2. The third kappa shape index (κ3) is 6.27. The molecule has 0 fully saturated rings. The highest BCUT2D eigenvalue weighted by molar-refractivity contribution is 7.91. The van der Waals surface area contributed by atoms with Crippen molar-refractivity contribution in [3.05, 3.63) is 78.5 Å². The van der Waals surface area contributed by atoms with Crippen LogP contribution in [0.5, 0.6) is 11.5 Å². The van der Waals surface area contributed by atoms with E-state index in [0.717, 1.165) is 0 Å². The second-order valence-corrected chi connectivity index (χ2v) is 11.7. The Kier molecular flexibility index (Phi) is 8.03. The lowest BCUT2D eigenvalue weighted by molar-refractivity contribution is -0.870. The maximum atomic E-state index is 13.6. The lowest BCUT2D eigenvalue weighted by Gasteiger charge is -2.23. The highest BCUT2D eigenvalue weighted by Crippen LogP contribution is 2.32. The minimum atomic E-state index is -3.95. The predicted octanol–water partition coefficient (Wildman–Crippen LogP) is 3.65. The van der Waals surface area contributed by atoms with Crippen molar-refractivity contribution in [3.63, 3.8) is 0 Å². The van der Waals surface area contributed by atoms with Gasteiger partial charge in [0, 0.05) is 11.6 Å². The van der Waals surface area contributed by atoms with Crippen LogP contribution in [-0.2, 0) is 14.6 Å². The van der Waals surface area contributed by atoms with E-state index in [1.807, 2.05) is 21.1 Å². The van der Waals surface area contributed by atoms with Crippen LogP contribution in [-0.4, -0.2) is 82.4 Å². The number of likely N-dealkylation sites (N-methyl/N-ethyl adjacent to an activating group) is 1. The van der Waals surface area contributed by atoms with Crippen LogP contribution in [0.3, 0.4) is 0 Å². The van der Waals surface area contributed by atoms with Gasteiger partial charge in [-0.05, 0) is 42.5 Å². The van der Waals surface area contributed by atoms with Crippen LogP contribution in [0.15, 0.2) is 82.7 Å². The summed E-state index contributed by atoms with van der Waals surface area (Å²) in [5, 5.41) is 8.43. The largest absolute Gasteiger partial charge is 0.497 e. The summed E-state index contributed by atoms with van der Waals surface area (Å²) < 4.78 is 45.5. The molecule has 0 aliphatic carbocycles. The summed E-state index contributed by atoms with van der Waals surface area (Å²) in [4.78, 5) is 12.5. The number of sulfone groups is 1. The molecule has 1 aromatic heterocycles. The molecule has 4 aromatic rings. The maximum Gasteiger partial charge on any atom is 0.338 e. The van der Waals surface area contributed by atoms with E-state index in [2.05, 4.69) is 10.3 Å². The van der Waals surface area contributed by atoms with Crippen molar-refractivity contribution in [2.24, 2.45) is 0 Å². The van der Waals surface area contributed by atoms with Crippen LogP contribution in [0.25, 0.3) is 16.9 Å². The number of hydrogen-bond acceptors (Lipinski definition) is 8. The summed E-state index contributed by atoms with van der Waals surface area (Å²) in [6, 6.07) is 17.5. The number of quaternary nitrogens is 1. The van der Waals surface area contributed by atoms with Crippen molar-refractivity contribution in [1.82, 2.24) is 15.0 Å². The van der Waals surface area contributed by atoms with Gasteiger partial charge in [-0.1, -0.05) is 23.4 Å². The summed E-state index contributed by atoms with van der Waals surface area (Å²) in [5.41, 5.74) is 1.60. The minimum Gasteiger partial charge on any atom is -0.497 e. The van der Waals surface area contributed by atoms with Gasteiger partial charge in [0.2, 0.25) is 9.84 Å². The predicted molar refractivity (Wildman–Crippen MR) is 145 cm³/mol. The van der Waals surface area contributed by atoms with Crippen LogP contribution >= 0.6 is 0 Å². The summed E-state index contributed by atoms with van der Waals surface area (Å²) in [7, 11) is 5.15. The molecule has 10 nitrogen and oxygen atoms in total. The molecule has 0 spiro atoms. The fraction of sp³-hybridized carbons (Fsp3) is 0.250. The first kappa shape index (κ1) is 27.8. The van der Waals surface area contributed by atoms with E-state index >= 15 is 0 Å². The SMILES string of the molecule is COc1ccc(OC)c(-n2cc(-c3ccccc3S(=O)(=O)c3ccc(C(=O)OCC[N+](C)(C)C)cc3)nn2)c1.